The number of amides is 3. The average molecular weight is 427 g/mol. The molecule has 2 bridgehead atoms. The van der Waals surface area contributed by atoms with E-state index in [-0.39, 0.29) is 24.5 Å². The number of urea groups is 1. The van der Waals surface area contributed by atoms with Gasteiger partial charge in [0.15, 0.2) is 6.61 Å². The Kier molecular flexibility index (Phi) is 6.45. The van der Waals surface area contributed by atoms with Crippen LogP contribution in [0.3, 0.4) is 0 Å². The molecule has 2 N–H and O–H groups in total. The van der Waals surface area contributed by atoms with Crippen LogP contribution in [-0.4, -0.2) is 46.1 Å². The SMILES string of the molecule is O=C(COC(=O)C1C[C@H]2CCC[C@@H](C1)C21SCCS1)NC(=O)NC1CCCC1. The number of hydrogen-bond donors (Lipinski definition) is 2. The highest BCUT2D eigenvalue weighted by atomic mass is 32.2. The van der Waals surface area contributed by atoms with E-state index in [1.807, 2.05) is 0 Å². The summed E-state index contributed by atoms with van der Waals surface area (Å²) in [4.78, 5) is 36.4. The van der Waals surface area contributed by atoms with Gasteiger partial charge in [-0.15, -0.1) is 23.5 Å². The van der Waals surface area contributed by atoms with Gasteiger partial charge in [-0.05, 0) is 50.4 Å². The van der Waals surface area contributed by atoms with Crippen molar-refractivity contribution in [1.29, 1.82) is 0 Å². The van der Waals surface area contributed by atoms with Gasteiger partial charge in [0.25, 0.3) is 5.91 Å². The highest BCUT2D eigenvalue weighted by Gasteiger charge is 2.55. The molecule has 3 saturated carbocycles. The minimum Gasteiger partial charge on any atom is -0.455 e. The van der Waals surface area contributed by atoms with Gasteiger partial charge in [0.05, 0.1) is 10.00 Å². The molecule has 1 aliphatic heterocycles. The first-order chi connectivity index (χ1) is 13.6. The van der Waals surface area contributed by atoms with Crippen LogP contribution >= 0.6 is 23.5 Å². The van der Waals surface area contributed by atoms with Gasteiger partial charge in [0.2, 0.25) is 0 Å². The van der Waals surface area contributed by atoms with E-state index in [2.05, 4.69) is 34.2 Å². The molecule has 4 fully saturated rings. The van der Waals surface area contributed by atoms with Crippen LogP contribution in [0.4, 0.5) is 4.79 Å². The molecule has 3 amide bonds. The third kappa shape index (κ3) is 4.32. The van der Waals surface area contributed by atoms with Crippen LogP contribution in [-0.2, 0) is 14.3 Å². The van der Waals surface area contributed by atoms with E-state index >= 15 is 0 Å². The minimum absolute atomic E-state index is 0.108. The zero-order valence-electron chi connectivity index (χ0n) is 16.2. The number of rotatable bonds is 4. The Balaban J connectivity index is 1.23. The van der Waals surface area contributed by atoms with Gasteiger partial charge in [-0.25, -0.2) is 4.79 Å². The lowest BCUT2D eigenvalue weighted by Gasteiger charge is -2.51. The topological polar surface area (TPSA) is 84.5 Å². The summed E-state index contributed by atoms with van der Waals surface area (Å²) in [5.74, 6) is 2.64. The molecule has 156 valence electrons. The van der Waals surface area contributed by atoms with Gasteiger partial charge >= 0.3 is 12.0 Å². The van der Waals surface area contributed by atoms with E-state index in [1.54, 1.807) is 0 Å². The number of imide groups is 1. The molecule has 3 atom stereocenters. The maximum atomic E-state index is 12.6. The highest BCUT2D eigenvalue weighted by Crippen LogP contribution is 2.64. The average Bonchev–Trinajstić information content (AvgIpc) is 3.32. The molecule has 3 aliphatic carbocycles. The van der Waals surface area contributed by atoms with Gasteiger partial charge in [-0.3, -0.25) is 14.9 Å². The van der Waals surface area contributed by atoms with Gasteiger partial charge in [0, 0.05) is 17.5 Å². The van der Waals surface area contributed by atoms with E-state index in [0.717, 1.165) is 38.5 Å². The van der Waals surface area contributed by atoms with Crippen molar-refractivity contribution in [3.05, 3.63) is 0 Å². The summed E-state index contributed by atoms with van der Waals surface area (Å²) in [7, 11) is 0. The number of ether oxygens (including phenoxy) is 1. The van der Waals surface area contributed by atoms with Crippen LogP contribution in [0.25, 0.3) is 0 Å². The van der Waals surface area contributed by atoms with Gasteiger partial charge in [-0.1, -0.05) is 19.3 Å². The molecular weight excluding hydrogens is 396 g/mol. The molecular formula is C20H30N2O4S2. The van der Waals surface area contributed by atoms with Crippen LogP contribution in [0, 0.1) is 17.8 Å². The third-order valence-corrected chi connectivity index (χ3v) is 10.8. The summed E-state index contributed by atoms with van der Waals surface area (Å²) in [6.07, 6.45) is 9.54. The molecule has 1 saturated heterocycles. The lowest BCUT2D eigenvalue weighted by molar-refractivity contribution is -0.155. The minimum atomic E-state index is -0.557. The lowest BCUT2D eigenvalue weighted by Crippen LogP contribution is -2.48. The molecule has 0 aromatic heterocycles. The molecule has 1 heterocycles. The molecule has 4 aliphatic rings. The van der Waals surface area contributed by atoms with Crippen LogP contribution in [0.1, 0.15) is 57.8 Å². The number of thioether (sulfide) groups is 2. The lowest BCUT2D eigenvalue weighted by atomic mass is 9.67. The fourth-order valence-corrected chi connectivity index (χ4v) is 9.45. The van der Waals surface area contributed by atoms with E-state index in [4.69, 9.17) is 4.74 Å². The van der Waals surface area contributed by atoms with Gasteiger partial charge in [0.1, 0.15) is 0 Å². The van der Waals surface area contributed by atoms with Crippen LogP contribution in [0.15, 0.2) is 0 Å². The second kappa shape index (κ2) is 8.86. The van der Waals surface area contributed by atoms with Crippen molar-refractivity contribution < 1.29 is 19.1 Å². The summed E-state index contributed by atoms with van der Waals surface area (Å²) in [5, 5.41) is 5.07. The van der Waals surface area contributed by atoms with Gasteiger partial charge < -0.3 is 10.1 Å². The number of hydrogen-bond acceptors (Lipinski definition) is 6. The normalized spacial score (nSPS) is 31.5. The Morgan fingerprint density at radius 2 is 1.57 bits per heavy atom. The monoisotopic (exact) mass is 426 g/mol. The fraction of sp³-hybridized carbons (Fsp3) is 0.850. The first kappa shape index (κ1) is 20.4. The molecule has 6 nitrogen and oxygen atoms in total. The second-order valence-electron chi connectivity index (χ2n) is 8.52. The number of nitrogens with one attached hydrogen (secondary N) is 2. The summed E-state index contributed by atoms with van der Waals surface area (Å²) in [6.45, 7) is -0.378. The van der Waals surface area contributed by atoms with Crippen molar-refractivity contribution in [2.24, 2.45) is 17.8 Å². The smallest absolute Gasteiger partial charge is 0.321 e. The quantitative estimate of drug-likeness (QED) is 0.671. The first-order valence-electron chi connectivity index (χ1n) is 10.6. The molecule has 1 spiro atoms. The maximum Gasteiger partial charge on any atom is 0.321 e. The molecule has 28 heavy (non-hydrogen) atoms. The zero-order chi connectivity index (χ0) is 19.6. The largest absolute Gasteiger partial charge is 0.455 e. The summed E-state index contributed by atoms with van der Waals surface area (Å²) < 4.78 is 5.61. The predicted molar refractivity (Wildman–Crippen MR) is 111 cm³/mol. The van der Waals surface area contributed by atoms with Crippen molar-refractivity contribution >= 4 is 41.4 Å². The standard InChI is InChI=1S/C20H30N2O4S2/c23-17(22-19(25)21-16-6-1-2-7-16)12-26-18(24)13-10-14-4-3-5-15(11-13)20(14)27-8-9-28-20/h13-16H,1-12H2,(H2,21,22,23,25)/t13?,14-,15+. The Hall–Kier alpha value is -0.890. The molecule has 0 aromatic carbocycles. The van der Waals surface area contributed by atoms with Crippen molar-refractivity contribution in [2.75, 3.05) is 18.1 Å². The van der Waals surface area contributed by atoms with E-state index in [0.29, 0.717) is 15.9 Å². The van der Waals surface area contributed by atoms with E-state index in [1.165, 1.54) is 30.8 Å². The van der Waals surface area contributed by atoms with E-state index in [9.17, 15) is 14.4 Å². The number of carbonyl (C=O) groups excluding carboxylic acids is 3. The van der Waals surface area contributed by atoms with Crippen molar-refractivity contribution in [3.8, 4) is 0 Å². The Morgan fingerprint density at radius 3 is 2.21 bits per heavy atom. The number of carbonyl (C=O) groups is 3. The van der Waals surface area contributed by atoms with Crippen molar-refractivity contribution in [1.82, 2.24) is 10.6 Å². The van der Waals surface area contributed by atoms with Crippen LogP contribution in [0.5, 0.6) is 0 Å². The summed E-state index contributed by atoms with van der Waals surface area (Å²) >= 11 is 4.22. The van der Waals surface area contributed by atoms with Crippen molar-refractivity contribution in [2.45, 2.75) is 67.9 Å². The molecule has 0 aromatic rings. The van der Waals surface area contributed by atoms with Crippen molar-refractivity contribution in [3.63, 3.8) is 0 Å². The first-order valence-corrected chi connectivity index (χ1v) is 12.6. The Morgan fingerprint density at radius 1 is 0.929 bits per heavy atom. The third-order valence-electron chi connectivity index (χ3n) is 6.74. The van der Waals surface area contributed by atoms with Crippen LogP contribution in [0.2, 0.25) is 0 Å². The molecule has 1 unspecified atom stereocenters. The number of esters is 1. The van der Waals surface area contributed by atoms with Crippen LogP contribution < -0.4 is 10.6 Å². The fourth-order valence-electron chi connectivity index (χ4n) is 5.51. The summed E-state index contributed by atoms with van der Waals surface area (Å²) in [5.41, 5.74) is 0. The zero-order valence-corrected chi connectivity index (χ0v) is 17.9. The van der Waals surface area contributed by atoms with Gasteiger partial charge in [-0.2, -0.15) is 0 Å². The Bertz CT molecular complexity index is 601. The van der Waals surface area contributed by atoms with E-state index < -0.39 is 11.9 Å². The molecule has 8 heteroatoms. The maximum absolute atomic E-state index is 12.6. The Labute approximate surface area is 175 Å². The molecule has 4 rings (SSSR count). The highest BCUT2D eigenvalue weighted by molar-refractivity contribution is 8.21. The summed E-state index contributed by atoms with van der Waals surface area (Å²) in [6, 6.07) is -0.340. The predicted octanol–water partition coefficient (Wildman–Crippen LogP) is 3.30. The second-order valence-corrected chi connectivity index (χ2v) is 11.5. The molecule has 0 radical (unpaired) electrons.